The Kier molecular flexibility index (Phi) is 4.42. The summed E-state index contributed by atoms with van der Waals surface area (Å²) in [6.45, 7) is 1.47. The van der Waals surface area contributed by atoms with E-state index in [1.165, 1.54) is 24.5 Å². The van der Waals surface area contributed by atoms with E-state index in [1.54, 1.807) is 12.1 Å². The third kappa shape index (κ3) is 3.97. The molecule has 3 rings (SSSR count). The summed E-state index contributed by atoms with van der Waals surface area (Å²) < 4.78 is 0. The second kappa shape index (κ2) is 6.65. The standard InChI is InChI=1S/C19H20N2O2/c1-13(22)20-17-8-5-14(6-9-17)11-19(23)21-18-10-7-15-3-2-4-16(15)12-18/h5-10,12H,2-4,11H2,1H3,(H,20,22)(H,21,23). The summed E-state index contributed by atoms with van der Waals surface area (Å²) in [7, 11) is 0. The van der Waals surface area contributed by atoms with Gasteiger partial charge in [0.1, 0.15) is 0 Å². The van der Waals surface area contributed by atoms with E-state index in [-0.39, 0.29) is 11.8 Å². The highest BCUT2D eigenvalue weighted by Crippen LogP contribution is 2.25. The van der Waals surface area contributed by atoms with Crippen LogP contribution in [0.2, 0.25) is 0 Å². The number of hydrogen-bond donors (Lipinski definition) is 2. The minimum Gasteiger partial charge on any atom is -0.326 e. The average Bonchev–Trinajstić information content (AvgIpc) is 2.96. The number of carbonyl (C=O) groups is 2. The molecule has 0 saturated heterocycles. The van der Waals surface area contributed by atoms with Gasteiger partial charge in [-0.3, -0.25) is 9.59 Å². The van der Waals surface area contributed by atoms with Crippen molar-refractivity contribution in [3.05, 3.63) is 59.2 Å². The van der Waals surface area contributed by atoms with Crippen LogP contribution in [0, 0.1) is 0 Å². The number of carbonyl (C=O) groups excluding carboxylic acids is 2. The number of aryl methyl sites for hydroxylation is 2. The Balaban J connectivity index is 1.59. The van der Waals surface area contributed by atoms with Gasteiger partial charge in [-0.25, -0.2) is 0 Å². The quantitative estimate of drug-likeness (QED) is 0.910. The Morgan fingerprint density at radius 2 is 1.61 bits per heavy atom. The summed E-state index contributed by atoms with van der Waals surface area (Å²) in [6.07, 6.45) is 3.76. The predicted octanol–water partition coefficient (Wildman–Crippen LogP) is 3.31. The Bertz CT molecular complexity index is 736. The summed E-state index contributed by atoms with van der Waals surface area (Å²) in [5, 5.41) is 5.67. The first-order valence-electron chi connectivity index (χ1n) is 7.88. The average molecular weight is 308 g/mol. The van der Waals surface area contributed by atoms with Gasteiger partial charge in [-0.05, 0) is 60.2 Å². The topological polar surface area (TPSA) is 58.2 Å². The summed E-state index contributed by atoms with van der Waals surface area (Å²) in [6, 6.07) is 13.5. The minimum atomic E-state index is -0.105. The molecule has 0 fully saturated rings. The molecule has 0 radical (unpaired) electrons. The third-order valence-electron chi connectivity index (χ3n) is 4.02. The van der Waals surface area contributed by atoms with Crippen LogP contribution in [0.25, 0.3) is 0 Å². The van der Waals surface area contributed by atoms with E-state index in [0.717, 1.165) is 29.8 Å². The van der Waals surface area contributed by atoms with E-state index >= 15 is 0 Å². The van der Waals surface area contributed by atoms with Crippen LogP contribution in [0.5, 0.6) is 0 Å². The molecule has 0 heterocycles. The summed E-state index contributed by atoms with van der Waals surface area (Å²) in [5.41, 5.74) is 5.27. The van der Waals surface area contributed by atoms with Crippen molar-refractivity contribution in [1.29, 1.82) is 0 Å². The zero-order valence-electron chi connectivity index (χ0n) is 13.2. The Morgan fingerprint density at radius 3 is 2.35 bits per heavy atom. The molecule has 0 saturated carbocycles. The number of fused-ring (bicyclic) bond motifs is 1. The van der Waals surface area contributed by atoms with Crippen molar-refractivity contribution in [2.24, 2.45) is 0 Å². The van der Waals surface area contributed by atoms with Gasteiger partial charge in [0.05, 0.1) is 6.42 Å². The maximum Gasteiger partial charge on any atom is 0.228 e. The van der Waals surface area contributed by atoms with E-state index in [9.17, 15) is 9.59 Å². The molecule has 4 heteroatoms. The van der Waals surface area contributed by atoms with Crippen LogP contribution in [0.3, 0.4) is 0 Å². The van der Waals surface area contributed by atoms with Gasteiger partial charge in [0.15, 0.2) is 0 Å². The second-order valence-electron chi connectivity index (χ2n) is 5.94. The fourth-order valence-corrected chi connectivity index (χ4v) is 2.95. The maximum atomic E-state index is 12.2. The van der Waals surface area contributed by atoms with Crippen LogP contribution in [0.4, 0.5) is 11.4 Å². The van der Waals surface area contributed by atoms with Crippen LogP contribution in [-0.2, 0) is 28.9 Å². The largest absolute Gasteiger partial charge is 0.326 e. The van der Waals surface area contributed by atoms with Gasteiger partial charge < -0.3 is 10.6 Å². The second-order valence-corrected chi connectivity index (χ2v) is 5.94. The Labute approximate surface area is 135 Å². The van der Waals surface area contributed by atoms with E-state index < -0.39 is 0 Å². The lowest BCUT2D eigenvalue weighted by molar-refractivity contribution is -0.116. The zero-order valence-corrected chi connectivity index (χ0v) is 13.2. The molecular weight excluding hydrogens is 288 g/mol. The van der Waals surface area contributed by atoms with E-state index in [4.69, 9.17) is 0 Å². The van der Waals surface area contributed by atoms with Crippen molar-refractivity contribution in [3.8, 4) is 0 Å². The monoisotopic (exact) mass is 308 g/mol. The van der Waals surface area contributed by atoms with E-state index in [0.29, 0.717) is 6.42 Å². The SMILES string of the molecule is CC(=O)Nc1ccc(CC(=O)Nc2ccc3c(c2)CCC3)cc1. The molecule has 0 bridgehead atoms. The number of hydrogen-bond acceptors (Lipinski definition) is 2. The van der Waals surface area contributed by atoms with Gasteiger partial charge >= 0.3 is 0 Å². The van der Waals surface area contributed by atoms with Crippen LogP contribution in [-0.4, -0.2) is 11.8 Å². The van der Waals surface area contributed by atoms with Gasteiger partial charge in [0, 0.05) is 18.3 Å². The lowest BCUT2D eigenvalue weighted by atomic mass is 10.1. The first-order chi connectivity index (χ1) is 11.1. The van der Waals surface area contributed by atoms with Crippen molar-refractivity contribution < 1.29 is 9.59 Å². The molecular formula is C19H20N2O2. The third-order valence-corrected chi connectivity index (χ3v) is 4.02. The lowest BCUT2D eigenvalue weighted by Gasteiger charge is -2.08. The molecule has 2 aromatic carbocycles. The molecule has 118 valence electrons. The van der Waals surface area contributed by atoms with Crippen molar-refractivity contribution in [2.75, 3.05) is 10.6 Å². The number of amides is 2. The van der Waals surface area contributed by atoms with Gasteiger partial charge in [0.2, 0.25) is 11.8 Å². The highest BCUT2D eigenvalue weighted by molar-refractivity contribution is 5.92. The lowest BCUT2D eigenvalue weighted by Crippen LogP contribution is -2.14. The predicted molar refractivity (Wildman–Crippen MR) is 91.5 cm³/mol. The first kappa shape index (κ1) is 15.3. The number of rotatable bonds is 4. The van der Waals surface area contributed by atoms with Crippen LogP contribution in [0.1, 0.15) is 30.0 Å². The maximum absolute atomic E-state index is 12.2. The van der Waals surface area contributed by atoms with Crippen LogP contribution in [0.15, 0.2) is 42.5 Å². The Morgan fingerprint density at radius 1 is 0.913 bits per heavy atom. The van der Waals surface area contributed by atoms with Crippen LogP contribution < -0.4 is 10.6 Å². The van der Waals surface area contributed by atoms with Gasteiger partial charge in [-0.15, -0.1) is 0 Å². The Hall–Kier alpha value is -2.62. The van der Waals surface area contributed by atoms with Gasteiger partial charge in [-0.2, -0.15) is 0 Å². The molecule has 0 atom stereocenters. The highest BCUT2D eigenvalue weighted by Gasteiger charge is 2.12. The molecule has 0 spiro atoms. The molecule has 1 aliphatic rings. The van der Waals surface area contributed by atoms with Gasteiger partial charge in [-0.1, -0.05) is 18.2 Å². The fraction of sp³-hybridized carbons (Fsp3) is 0.263. The number of benzene rings is 2. The molecule has 2 amide bonds. The summed E-state index contributed by atoms with van der Waals surface area (Å²) >= 11 is 0. The number of anilines is 2. The molecule has 2 aromatic rings. The zero-order chi connectivity index (χ0) is 16.2. The van der Waals surface area contributed by atoms with Crippen molar-refractivity contribution in [2.45, 2.75) is 32.6 Å². The summed E-state index contributed by atoms with van der Waals surface area (Å²) in [5.74, 6) is -0.137. The van der Waals surface area contributed by atoms with Crippen molar-refractivity contribution >= 4 is 23.2 Å². The van der Waals surface area contributed by atoms with Crippen molar-refractivity contribution in [1.82, 2.24) is 0 Å². The molecule has 0 unspecified atom stereocenters. The molecule has 1 aliphatic carbocycles. The van der Waals surface area contributed by atoms with E-state index in [2.05, 4.69) is 22.8 Å². The number of nitrogens with one attached hydrogen (secondary N) is 2. The summed E-state index contributed by atoms with van der Waals surface area (Å²) in [4.78, 5) is 23.1. The van der Waals surface area contributed by atoms with Crippen molar-refractivity contribution in [3.63, 3.8) is 0 Å². The molecule has 0 aliphatic heterocycles. The minimum absolute atomic E-state index is 0.0322. The smallest absolute Gasteiger partial charge is 0.228 e. The normalized spacial score (nSPS) is 12.6. The molecule has 0 aromatic heterocycles. The first-order valence-corrected chi connectivity index (χ1v) is 7.88. The molecule has 4 nitrogen and oxygen atoms in total. The highest BCUT2D eigenvalue weighted by atomic mass is 16.2. The van der Waals surface area contributed by atoms with Crippen LogP contribution >= 0.6 is 0 Å². The molecule has 2 N–H and O–H groups in total. The molecule has 23 heavy (non-hydrogen) atoms. The fourth-order valence-electron chi connectivity index (χ4n) is 2.95. The van der Waals surface area contributed by atoms with E-state index in [1.807, 2.05) is 18.2 Å². The van der Waals surface area contributed by atoms with Gasteiger partial charge in [0.25, 0.3) is 0 Å².